The summed E-state index contributed by atoms with van der Waals surface area (Å²) in [4.78, 5) is 29.5. The van der Waals surface area contributed by atoms with Crippen LogP contribution in [0.15, 0.2) is 42.6 Å². The smallest absolute Gasteiger partial charge is 0.243 e. The summed E-state index contributed by atoms with van der Waals surface area (Å²) in [7, 11) is 0. The quantitative estimate of drug-likeness (QED) is 0.796. The Morgan fingerprint density at radius 1 is 1.14 bits per heavy atom. The Bertz CT molecular complexity index is 870. The average molecular weight is 383 g/mol. The van der Waals surface area contributed by atoms with Crippen LogP contribution in [-0.4, -0.2) is 45.3 Å². The number of nitrogens with zero attached hydrogens (tertiary/aromatic N) is 3. The van der Waals surface area contributed by atoms with Crippen molar-refractivity contribution in [1.29, 1.82) is 0 Å². The van der Waals surface area contributed by atoms with Gasteiger partial charge in [-0.15, -0.1) is 0 Å². The van der Waals surface area contributed by atoms with Crippen LogP contribution in [0, 0.1) is 11.7 Å². The Balaban J connectivity index is 1.62. The maximum Gasteiger partial charge on any atom is 0.243 e. The molecule has 2 aromatic rings. The molecule has 1 aliphatic carbocycles. The molecule has 2 heterocycles. The fraction of sp³-hybridized carbons (Fsp3) is 0.455. The lowest BCUT2D eigenvalue weighted by atomic mass is 9.99. The number of amides is 2. The molecule has 0 N–H and O–H groups in total. The largest absolute Gasteiger partial charge is 0.348 e. The molecule has 1 aromatic carbocycles. The number of benzene rings is 1. The first-order valence-corrected chi connectivity index (χ1v) is 9.96. The van der Waals surface area contributed by atoms with Crippen molar-refractivity contribution >= 4 is 11.8 Å². The molecular weight excluding hydrogens is 357 g/mol. The molecule has 1 aromatic heterocycles. The van der Waals surface area contributed by atoms with Crippen molar-refractivity contribution in [3.05, 3.63) is 59.7 Å². The van der Waals surface area contributed by atoms with E-state index in [4.69, 9.17) is 0 Å². The highest BCUT2D eigenvalue weighted by Gasteiger charge is 2.38. The van der Waals surface area contributed by atoms with E-state index in [9.17, 15) is 14.0 Å². The van der Waals surface area contributed by atoms with Gasteiger partial charge >= 0.3 is 0 Å². The zero-order chi connectivity index (χ0) is 19.8. The van der Waals surface area contributed by atoms with E-state index in [2.05, 4.69) is 4.57 Å². The van der Waals surface area contributed by atoms with Gasteiger partial charge in [-0.05, 0) is 42.7 Å². The van der Waals surface area contributed by atoms with Gasteiger partial charge in [0.15, 0.2) is 0 Å². The Hall–Kier alpha value is -2.63. The van der Waals surface area contributed by atoms with Crippen molar-refractivity contribution in [3.8, 4) is 0 Å². The number of carbonyl (C=O) groups excluding carboxylic acids is 2. The lowest BCUT2D eigenvalue weighted by molar-refractivity contribution is -0.144. The van der Waals surface area contributed by atoms with Crippen LogP contribution in [-0.2, 0) is 16.1 Å². The van der Waals surface area contributed by atoms with Crippen LogP contribution in [0.5, 0.6) is 0 Å². The first kappa shape index (κ1) is 18.7. The first-order chi connectivity index (χ1) is 13.5. The summed E-state index contributed by atoms with van der Waals surface area (Å²) in [5, 5.41) is 0. The minimum atomic E-state index is -0.296. The maximum atomic E-state index is 13.4. The second-order valence-electron chi connectivity index (χ2n) is 8.02. The summed E-state index contributed by atoms with van der Waals surface area (Å²) >= 11 is 0. The number of aromatic nitrogens is 1. The molecule has 0 spiro atoms. The lowest BCUT2D eigenvalue weighted by Gasteiger charge is -2.38. The summed E-state index contributed by atoms with van der Waals surface area (Å²) in [6.45, 7) is 5.14. The fourth-order valence-electron chi connectivity index (χ4n) is 3.99. The van der Waals surface area contributed by atoms with Gasteiger partial charge in [-0.2, -0.15) is 0 Å². The highest BCUT2D eigenvalue weighted by atomic mass is 19.1. The third-order valence-corrected chi connectivity index (χ3v) is 5.61. The summed E-state index contributed by atoms with van der Waals surface area (Å²) < 4.78 is 15.6. The van der Waals surface area contributed by atoms with Crippen molar-refractivity contribution in [3.63, 3.8) is 0 Å². The van der Waals surface area contributed by atoms with Crippen LogP contribution in [0.2, 0.25) is 0 Å². The Kier molecular flexibility index (Phi) is 4.96. The van der Waals surface area contributed by atoms with Gasteiger partial charge in [-0.25, -0.2) is 4.39 Å². The topological polar surface area (TPSA) is 45.6 Å². The molecule has 6 heteroatoms. The minimum Gasteiger partial charge on any atom is -0.348 e. The van der Waals surface area contributed by atoms with E-state index < -0.39 is 0 Å². The molecule has 1 atom stereocenters. The van der Waals surface area contributed by atoms with Crippen LogP contribution in [0.3, 0.4) is 0 Å². The van der Waals surface area contributed by atoms with E-state index in [-0.39, 0.29) is 42.2 Å². The van der Waals surface area contributed by atoms with Gasteiger partial charge in [0, 0.05) is 36.9 Å². The van der Waals surface area contributed by atoms with Gasteiger partial charge in [0.1, 0.15) is 12.4 Å². The van der Waals surface area contributed by atoms with E-state index in [1.165, 1.54) is 12.1 Å². The van der Waals surface area contributed by atoms with E-state index >= 15 is 0 Å². The Morgan fingerprint density at radius 2 is 1.86 bits per heavy atom. The molecule has 1 aliphatic heterocycles. The van der Waals surface area contributed by atoms with Gasteiger partial charge in [0.25, 0.3) is 0 Å². The number of hydrogen-bond acceptors (Lipinski definition) is 2. The van der Waals surface area contributed by atoms with Crippen molar-refractivity contribution in [2.75, 3.05) is 13.1 Å². The van der Waals surface area contributed by atoms with Gasteiger partial charge in [-0.1, -0.05) is 26.0 Å². The van der Waals surface area contributed by atoms with E-state index in [1.54, 1.807) is 17.0 Å². The summed E-state index contributed by atoms with van der Waals surface area (Å²) in [5.74, 6) is -0.438. The molecule has 0 saturated heterocycles. The van der Waals surface area contributed by atoms with Gasteiger partial charge in [0.05, 0.1) is 6.04 Å². The van der Waals surface area contributed by atoms with E-state index in [0.29, 0.717) is 13.1 Å². The normalized spacial score (nSPS) is 18.9. The van der Waals surface area contributed by atoms with Gasteiger partial charge in [-0.3, -0.25) is 9.59 Å². The molecule has 2 aliphatic rings. The van der Waals surface area contributed by atoms with Crippen molar-refractivity contribution < 1.29 is 14.0 Å². The fourth-order valence-corrected chi connectivity index (χ4v) is 3.99. The highest BCUT2D eigenvalue weighted by Crippen LogP contribution is 2.34. The number of carbonyl (C=O) groups is 2. The van der Waals surface area contributed by atoms with Crippen molar-refractivity contribution in [2.24, 2.45) is 5.92 Å². The molecule has 1 fully saturated rings. The zero-order valence-corrected chi connectivity index (χ0v) is 16.3. The predicted molar refractivity (Wildman–Crippen MR) is 104 cm³/mol. The molecule has 4 rings (SSSR count). The van der Waals surface area contributed by atoms with Crippen LogP contribution >= 0.6 is 0 Å². The van der Waals surface area contributed by atoms with Crippen LogP contribution in [0.1, 0.15) is 44.0 Å². The number of halogens is 1. The molecule has 28 heavy (non-hydrogen) atoms. The molecule has 0 unspecified atom stereocenters. The van der Waals surface area contributed by atoms with E-state index in [1.807, 2.05) is 37.1 Å². The predicted octanol–water partition coefficient (Wildman–Crippen LogP) is 3.21. The molecule has 148 valence electrons. The second-order valence-corrected chi connectivity index (χ2v) is 8.02. The highest BCUT2D eigenvalue weighted by molar-refractivity contribution is 5.86. The molecule has 0 radical (unpaired) electrons. The van der Waals surface area contributed by atoms with Crippen LogP contribution in [0.25, 0.3) is 0 Å². The average Bonchev–Trinajstić information content (AvgIpc) is 3.41. The number of fused-ring (bicyclic) bond motifs is 1. The van der Waals surface area contributed by atoms with Crippen molar-refractivity contribution in [1.82, 2.24) is 14.4 Å². The lowest BCUT2D eigenvalue weighted by Crippen LogP contribution is -2.49. The van der Waals surface area contributed by atoms with Crippen molar-refractivity contribution in [2.45, 2.75) is 45.3 Å². The summed E-state index contributed by atoms with van der Waals surface area (Å²) in [5.41, 5.74) is 1.89. The number of hydrogen-bond donors (Lipinski definition) is 0. The Labute approximate surface area is 164 Å². The number of rotatable bonds is 5. The Morgan fingerprint density at radius 3 is 2.50 bits per heavy atom. The van der Waals surface area contributed by atoms with Crippen LogP contribution in [0.4, 0.5) is 4.39 Å². The molecule has 0 bridgehead atoms. The standard InChI is InChI=1S/C22H26FN3O2/c1-15(2)22(28)26(18-9-10-18)14-20(27)25-13-12-24-11-3-4-19(24)21(25)16-5-7-17(23)8-6-16/h3-8,11,15,18,21H,9-10,12-14H2,1-2H3/t21-/m1/s1. The molecule has 2 amide bonds. The second kappa shape index (κ2) is 7.41. The van der Waals surface area contributed by atoms with Crippen LogP contribution < -0.4 is 0 Å². The van der Waals surface area contributed by atoms with Gasteiger partial charge < -0.3 is 14.4 Å². The summed E-state index contributed by atoms with van der Waals surface area (Å²) in [6.07, 6.45) is 3.94. The summed E-state index contributed by atoms with van der Waals surface area (Å²) in [6, 6.07) is 10.2. The third kappa shape index (κ3) is 3.55. The van der Waals surface area contributed by atoms with Gasteiger partial charge in [0.2, 0.25) is 11.8 Å². The SMILES string of the molecule is CC(C)C(=O)N(CC(=O)N1CCn2cccc2[C@H]1c1ccc(F)cc1)C1CC1. The molecular formula is C22H26FN3O2. The third-order valence-electron chi connectivity index (χ3n) is 5.61. The first-order valence-electron chi connectivity index (χ1n) is 9.96. The minimum absolute atomic E-state index is 0.0366. The molecule has 5 nitrogen and oxygen atoms in total. The maximum absolute atomic E-state index is 13.4. The zero-order valence-electron chi connectivity index (χ0n) is 16.3. The monoisotopic (exact) mass is 383 g/mol. The molecule has 1 saturated carbocycles. The van der Waals surface area contributed by atoms with E-state index in [0.717, 1.165) is 24.1 Å².